The van der Waals surface area contributed by atoms with Crippen molar-refractivity contribution in [3.8, 4) is 0 Å². The van der Waals surface area contributed by atoms with Crippen LogP contribution in [-0.4, -0.2) is 30.4 Å². The molecular formula is C22H22FN2O4+. The lowest BCUT2D eigenvalue weighted by Crippen LogP contribution is -2.97. The molecule has 0 aliphatic carbocycles. The first kappa shape index (κ1) is 19.3. The van der Waals surface area contributed by atoms with Gasteiger partial charge in [0.05, 0.1) is 12.8 Å². The number of amides is 2. The number of anilines is 1. The molecule has 2 heterocycles. The second-order valence-corrected chi connectivity index (χ2v) is 7.82. The van der Waals surface area contributed by atoms with Crippen LogP contribution in [0, 0.1) is 24.6 Å². The van der Waals surface area contributed by atoms with Gasteiger partial charge in [0.2, 0.25) is 17.4 Å². The summed E-state index contributed by atoms with van der Waals surface area (Å²) in [5.74, 6) is -3.46. The van der Waals surface area contributed by atoms with E-state index in [0.717, 1.165) is 16.0 Å². The van der Waals surface area contributed by atoms with Crippen LogP contribution in [0.25, 0.3) is 0 Å². The van der Waals surface area contributed by atoms with Gasteiger partial charge < -0.3 is 10.1 Å². The highest BCUT2D eigenvalue weighted by Gasteiger charge is 2.70. The zero-order valence-electron chi connectivity index (χ0n) is 16.4. The van der Waals surface area contributed by atoms with Crippen LogP contribution in [0.15, 0.2) is 48.5 Å². The lowest BCUT2D eigenvalue weighted by atomic mass is 9.80. The minimum absolute atomic E-state index is 0.298. The molecule has 0 bridgehead atoms. The fourth-order valence-corrected chi connectivity index (χ4v) is 4.77. The van der Waals surface area contributed by atoms with Crippen LogP contribution in [0.5, 0.6) is 0 Å². The van der Waals surface area contributed by atoms with Crippen molar-refractivity contribution in [1.29, 1.82) is 0 Å². The van der Waals surface area contributed by atoms with E-state index in [0.29, 0.717) is 5.69 Å². The van der Waals surface area contributed by atoms with Gasteiger partial charge in [0.1, 0.15) is 23.7 Å². The number of hydrogen-bond acceptors (Lipinski definition) is 4. The molecule has 2 fully saturated rings. The number of methoxy groups -OCH3 is 1. The molecule has 6 nitrogen and oxygen atoms in total. The van der Waals surface area contributed by atoms with Crippen LogP contribution in [-0.2, 0) is 19.1 Å². The highest BCUT2D eigenvalue weighted by atomic mass is 19.1. The Morgan fingerprint density at radius 3 is 2.38 bits per heavy atom. The molecule has 0 unspecified atom stereocenters. The fraction of sp³-hybridized carbons (Fsp3) is 0.318. The molecule has 0 saturated carbocycles. The van der Waals surface area contributed by atoms with E-state index in [1.54, 1.807) is 12.2 Å². The highest BCUT2D eigenvalue weighted by Crippen LogP contribution is 2.46. The molecule has 2 saturated heterocycles. The van der Waals surface area contributed by atoms with E-state index in [-0.39, 0.29) is 5.91 Å². The molecule has 4 atom stereocenters. The average Bonchev–Trinajstić information content (AvgIpc) is 3.16. The van der Waals surface area contributed by atoms with Crippen LogP contribution in [0.3, 0.4) is 0 Å². The van der Waals surface area contributed by atoms with Crippen LogP contribution >= 0.6 is 0 Å². The number of aryl methyl sites for hydroxylation is 1. The number of esters is 1. The predicted molar refractivity (Wildman–Crippen MR) is 102 cm³/mol. The number of quaternary nitrogens is 1. The molecule has 2 aliphatic rings. The van der Waals surface area contributed by atoms with E-state index in [1.807, 2.05) is 31.2 Å². The number of benzene rings is 2. The summed E-state index contributed by atoms with van der Waals surface area (Å²) >= 11 is 0. The number of rotatable bonds is 3. The number of fused-ring (bicyclic) bond motifs is 1. The third-order valence-electron chi connectivity index (χ3n) is 6.17. The number of nitrogens with zero attached hydrogens (tertiary/aromatic N) is 1. The monoisotopic (exact) mass is 397 g/mol. The second kappa shape index (κ2) is 6.77. The lowest BCUT2D eigenvalue weighted by molar-refractivity contribution is -0.730. The van der Waals surface area contributed by atoms with Crippen LogP contribution < -0.4 is 10.2 Å². The Hall–Kier alpha value is -3.06. The summed E-state index contributed by atoms with van der Waals surface area (Å²) in [6.45, 7) is 3.58. The molecule has 2 aromatic carbocycles. The SMILES string of the molecule is COC(=O)[C@@]1(C)[NH2+][C@H](c2ccccc2C)[C@H]2C(=O)N(c3ccc(F)cc3)C(=O)[C@H]21. The van der Waals surface area contributed by atoms with E-state index in [9.17, 15) is 18.8 Å². The zero-order chi connectivity index (χ0) is 20.9. The Morgan fingerprint density at radius 2 is 1.76 bits per heavy atom. The molecule has 0 radical (unpaired) electrons. The van der Waals surface area contributed by atoms with Crippen molar-refractivity contribution in [2.45, 2.75) is 25.4 Å². The summed E-state index contributed by atoms with van der Waals surface area (Å²) in [7, 11) is 1.27. The van der Waals surface area contributed by atoms with E-state index >= 15 is 0 Å². The third-order valence-corrected chi connectivity index (χ3v) is 6.17. The maximum atomic E-state index is 13.4. The first-order valence-electron chi connectivity index (χ1n) is 9.43. The van der Waals surface area contributed by atoms with Gasteiger partial charge in [-0.15, -0.1) is 0 Å². The summed E-state index contributed by atoms with van der Waals surface area (Å²) in [6, 6.07) is 12.4. The number of imide groups is 1. The average molecular weight is 397 g/mol. The molecule has 0 aromatic heterocycles. The zero-order valence-corrected chi connectivity index (χ0v) is 16.4. The predicted octanol–water partition coefficient (Wildman–Crippen LogP) is 1.49. The summed E-state index contributed by atoms with van der Waals surface area (Å²) in [6.07, 6.45) is 0. The second-order valence-electron chi connectivity index (χ2n) is 7.82. The maximum absolute atomic E-state index is 13.4. The number of ether oxygens (including phenoxy) is 1. The maximum Gasteiger partial charge on any atom is 0.368 e. The largest absolute Gasteiger partial charge is 0.464 e. The van der Waals surface area contributed by atoms with E-state index in [2.05, 4.69) is 0 Å². The molecule has 29 heavy (non-hydrogen) atoms. The third kappa shape index (κ3) is 2.76. The molecule has 2 aliphatic heterocycles. The fourth-order valence-electron chi connectivity index (χ4n) is 4.77. The molecule has 7 heteroatoms. The van der Waals surface area contributed by atoms with Gasteiger partial charge in [0, 0.05) is 12.5 Å². The van der Waals surface area contributed by atoms with Gasteiger partial charge in [-0.3, -0.25) is 9.59 Å². The minimum atomic E-state index is -1.24. The number of carbonyl (C=O) groups is 3. The van der Waals surface area contributed by atoms with E-state index in [4.69, 9.17) is 4.74 Å². The molecule has 2 amide bonds. The van der Waals surface area contributed by atoms with Gasteiger partial charge in [-0.05, 0) is 36.8 Å². The van der Waals surface area contributed by atoms with Crippen LogP contribution in [0.2, 0.25) is 0 Å². The minimum Gasteiger partial charge on any atom is -0.464 e. The topological polar surface area (TPSA) is 80.3 Å². The number of hydrogen-bond donors (Lipinski definition) is 1. The van der Waals surface area contributed by atoms with Crippen molar-refractivity contribution < 1.29 is 28.8 Å². The van der Waals surface area contributed by atoms with Crippen molar-refractivity contribution in [3.63, 3.8) is 0 Å². The summed E-state index contributed by atoms with van der Waals surface area (Å²) in [5, 5.41) is 1.79. The van der Waals surface area contributed by atoms with Crippen molar-refractivity contribution >= 4 is 23.5 Å². The summed E-state index contributed by atoms with van der Waals surface area (Å²) in [4.78, 5) is 40.6. The van der Waals surface area contributed by atoms with Crippen molar-refractivity contribution in [3.05, 3.63) is 65.5 Å². The Morgan fingerprint density at radius 1 is 1.10 bits per heavy atom. The molecular weight excluding hydrogens is 375 g/mol. The first-order chi connectivity index (χ1) is 13.8. The van der Waals surface area contributed by atoms with Gasteiger partial charge in [-0.1, -0.05) is 24.3 Å². The highest BCUT2D eigenvalue weighted by molar-refractivity contribution is 6.23. The van der Waals surface area contributed by atoms with Gasteiger partial charge >= 0.3 is 5.97 Å². The quantitative estimate of drug-likeness (QED) is 0.629. The smallest absolute Gasteiger partial charge is 0.368 e. The Bertz CT molecular complexity index is 1010. The lowest BCUT2D eigenvalue weighted by Gasteiger charge is -2.26. The van der Waals surface area contributed by atoms with Gasteiger partial charge in [-0.2, -0.15) is 0 Å². The van der Waals surface area contributed by atoms with Crippen molar-refractivity contribution in [2.24, 2.45) is 11.8 Å². The Balaban J connectivity index is 1.84. The molecule has 150 valence electrons. The molecule has 2 aromatic rings. The van der Waals surface area contributed by atoms with Gasteiger partial charge in [0.15, 0.2) is 0 Å². The van der Waals surface area contributed by atoms with E-state index < -0.39 is 41.1 Å². The normalized spacial score (nSPS) is 28.6. The number of halogens is 1. The Labute approximate surface area is 167 Å². The standard InChI is InChI=1S/C22H21FN2O4/c1-12-6-4-5-7-15(12)18-16-17(22(2,24-18)21(28)29-3)20(27)25(19(16)26)14-10-8-13(23)9-11-14/h4-11,16-18,24H,1-3H3/p+1/t16-,17-,18+,22-/m0/s1. The molecule has 0 spiro atoms. The number of carbonyl (C=O) groups excluding carboxylic acids is 3. The Kier molecular flexibility index (Phi) is 4.50. The van der Waals surface area contributed by atoms with Gasteiger partial charge in [-0.25, -0.2) is 14.1 Å². The van der Waals surface area contributed by atoms with Gasteiger partial charge in [0.25, 0.3) is 0 Å². The van der Waals surface area contributed by atoms with Crippen molar-refractivity contribution in [2.75, 3.05) is 12.0 Å². The van der Waals surface area contributed by atoms with Crippen LogP contribution in [0.4, 0.5) is 10.1 Å². The molecule has 4 rings (SSSR count). The first-order valence-corrected chi connectivity index (χ1v) is 9.43. The number of nitrogens with two attached hydrogens (primary N) is 1. The van der Waals surface area contributed by atoms with Crippen LogP contribution in [0.1, 0.15) is 24.1 Å². The molecule has 2 N–H and O–H groups in total. The van der Waals surface area contributed by atoms with E-state index in [1.165, 1.54) is 31.4 Å². The van der Waals surface area contributed by atoms with Crippen molar-refractivity contribution in [1.82, 2.24) is 0 Å². The summed E-state index contributed by atoms with van der Waals surface area (Å²) < 4.78 is 18.3. The summed E-state index contributed by atoms with van der Waals surface area (Å²) in [5.41, 5.74) is 0.930.